The summed E-state index contributed by atoms with van der Waals surface area (Å²) in [5.41, 5.74) is 16.9. The molecule has 4 aliphatic heterocycles. The minimum Gasteiger partial charge on any atom is -0.384 e. The van der Waals surface area contributed by atoms with E-state index < -0.39 is 0 Å². The molecular formula is C56H65Cl3N6O2. The Hall–Kier alpha value is -4.31. The molecule has 0 atom stereocenters. The fourth-order valence-electron chi connectivity index (χ4n) is 11.3. The lowest BCUT2D eigenvalue weighted by atomic mass is 9.87. The van der Waals surface area contributed by atoms with Crippen molar-refractivity contribution in [2.45, 2.75) is 103 Å². The molecule has 2 aliphatic carbocycles. The van der Waals surface area contributed by atoms with Crippen molar-refractivity contribution in [2.24, 2.45) is 0 Å². The number of hydrogen-bond donors (Lipinski definition) is 1. The molecular weight excluding hydrogens is 895 g/mol. The summed E-state index contributed by atoms with van der Waals surface area (Å²) in [6.45, 7) is 27.6. The topological polar surface area (TPSA) is 66.0 Å². The summed E-state index contributed by atoms with van der Waals surface area (Å²) >= 11 is 19.0. The van der Waals surface area contributed by atoms with Gasteiger partial charge in [-0.25, -0.2) is 0 Å². The second kappa shape index (κ2) is 17.6. The van der Waals surface area contributed by atoms with E-state index in [2.05, 4.69) is 124 Å². The van der Waals surface area contributed by atoms with Gasteiger partial charge in [0.2, 0.25) is 0 Å². The summed E-state index contributed by atoms with van der Waals surface area (Å²) in [5, 5.41) is 7.95. The van der Waals surface area contributed by atoms with Crippen molar-refractivity contribution in [3.8, 4) is 0 Å². The zero-order chi connectivity index (χ0) is 47.0. The van der Waals surface area contributed by atoms with E-state index in [0.29, 0.717) is 5.02 Å². The van der Waals surface area contributed by atoms with Gasteiger partial charge in [-0.3, -0.25) is 9.97 Å². The predicted octanol–water partition coefficient (Wildman–Crippen LogP) is 13.4. The van der Waals surface area contributed by atoms with E-state index in [0.717, 1.165) is 124 Å². The molecule has 0 bridgehead atoms. The fourth-order valence-corrected chi connectivity index (χ4v) is 12.0. The number of rotatable bonds is 3. The van der Waals surface area contributed by atoms with E-state index in [1.54, 1.807) is 0 Å². The van der Waals surface area contributed by atoms with Crippen LogP contribution in [0.5, 0.6) is 0 Å². The Morgan fingerprint density at radius 1 is 0.552 bits per heavy atom. The SMILES string of the molecule is CC1(C)CCc2c1nc1ccc(Cl)cc1c2Cl.CC1(C)CN(c2c3c(nc4ccc(Cl)cc24)C(C)(C)CC3)c2cc(N3CCOCC3)ccc21.CC1(C)CNc2cc(N3CCOCC3)ccc21. The number of anilines is 5. The van der Waals surface area contributed by atoms with Gasteiger partial charge in [0, 0.05) is 104 Å². The number of nitrogens with one attached hydrogen (secondary N) is 1. The van der Waals surface area contributed by atoms with Crippen LogP contribution in [0.2, 0.25) is 15.1 Å². The second-order valence-corrected chi connectivity index (χ2v) is 23.2. The normalized spacial score (nSPS) is 20.3. The number of benzene rings is 4. The maximum Gasteiger partial charge on any atom is 0.0727 e. The maximum atomic E-state index is 6.52. The van der Waals surface area contributed by atoms with Crippen LogP contribution in [-0.2, 0) is 44.0 Å². The molecule has 2 aromatic heterocycles. The Morgan fingerprint density at radius 3 is 1.69 bits per heavy atom. The third kappa shape index (κ3) is 8.73. The predicted molar refractivity (Wildman–Crippen MR) is 282 cm³/mol. The minimum atomic E-state index is 0.0635. The van der Waals surface area contributed by atoms with Crippen molar-refractivity contribution >= 4 is 85.0 Å². The molecule has 6 aliphatic rings. The standard InChI is InChI=1S/C28H32ClN3O.C14H13Cl2N.C14H20N2O/c1-27(2)10-9-20-25(21-15-18(29)5-8-23(21)30-26(20)27)32-17-28(3,4)22-7-6-19(16-24(22)32)31-11-13-33-14-12-31;1-14(2)6-5-9-12(16)10-7-8(15)3-4-11(10)17-13(9)14;1-14(2)10-15-13-9-11(3-4-12(13)14)16-5-7-17-8-6-16/h5-8,15-16H,9-14,17H2,1-4H3;3-4,7H,5-6H2,1-2H3;3-4,9,15H,5-8,10H2,1-2H3. The number of ether oxygens (including phenoxy) is 2. The third-order valence-corrected chi connectivity index (χ3v) is 16.2. The number of pyridine rings is 2. The van der Waals surface area contributed by atoms with Gasteiger partial charge < -0.3 is 29.5 Å². The molecule has 1 N–H and O–H groups in total. The van der Waals surface area contributed by atoms with E-state index >= 15 is 0 Å². The lowest BCUT2D eigenvalue weighted by Crippen LogP contribution is -2.36. The summed E-state index contributed by atoms with van der Waals surface area (Å²) in [6, 6.07) is 25.7. The zero-order valence-electron chi connectivity index (χ0n) is 40.5. The molecule has 6 aromatic rings. The van der Waals surface area contributed by atoms with Gasteiger partial charge in [0.1, 0.15) is 0 Å². The highest BCUT2D eigenvalue weighted by atomic mass is 35.5. The zero-order valence-corrected chi connectivity index (χ0v) is 42.8. The van der Waals surface area contributed by atoms with Gasteiger partial charge in [-0.05, 0) is 109 Å². The van der Waals surface area contributed by atoms with Crippen molar-refractivity contribution in [2.75, 3.05) is 85.7 Å². The third-order valence-electron chi connectivity index (χ3n) is 15.3. The molecule has 0 spiro atoms. The van der Waals surface area contributed by atoms with Crippen LogP contribution in [0.4, 0.5) is 28.4 Å². The second-order valence-electron chi connectivity index (χ2n) is 22.0. The molecule has 352 valence electrons. The smallest absolute Gasteiger partial charge is 0.0727 e. The number of hydrogen-bond acceptors (Lipinski definition) is 8. The Morgan fingerprint density at radius 2 is 1.07 bits per heavy atom. The molecule has 8 nitrogen and oxygen atoms in total. The first kappa shape index (κ1) is 46.4. The summed E-state index contributed by atoms with van der Waals surface area (Å²) in [7, 11) is 0. The van der Waals surface area contributed by atoms with Gasteiger partial charge in [-0.1, -0.05) is 102 Å². The number of morpholine rings is 2. The number of nitrogens with zero attached hydrogens (tertiary/aromatic N) is 5. The van der Waals surface area contributed by atoms with E-state index in [4.69, 9.17) is 54.2 Å². The molecule has 2 fully saturated rings. The van der Waals surface area contributed by atoms with Crippen molar-refractivity contribution < 1.29 is 9.47 Å². The van der Waals surface area contributed by atoms with Crippen molar-refractivity contribution in [3.05, 3.63) is 122 Å². The van der Waals surface area contributed by atoms with Gasteiger partial charge in [0.25, 0.3) is 0 Å². The highest BCUT2D eigenvalue weighted by Gasteiger charge is 2.41. The van der Waals surface area contributed by atoms with Gasteiger partial charge >= 0.3 is 0 Å². The molecule has 0 saturated carbocycles. The first-order valence-corrected chi connectivity index (χ1v) is 25.4. The maximum absolute atomic E-state index is 6.52. The largest absolute Gasteiger partial charge is 0.384 e. The summed E-state index contributed by atoms with van der Waals surface area (Å²) in [6.07, 6.45) is 4.31. The van der Waals surface area contributed by atoms with Crippen molar-refractivity contribution in [3.63, 3.8) is 0 Å². The molecule has 0 unspecified atom stereocenters. The molecule has 4 aromatic carbocycles. The molecule has 12 rings (SSSR count). The molecule has 0 amide bonds. The van der Waals surface area contributed by atoms with Crippen LogP contribution < -0.4 is 20.0 Å². The van der Waals surface area contributed by atoms with Gasteiger partial charge in [0.05, 0.1) is 59.6 Å². The average Bonchev–Trinajstić information content (AvgIpc) is 4.00. The lowest BCUT2D eigenvalue weighted by molar-refractivity contribution is 0.122. The first-order valence-electron chi connectivity index (χ1n) is 24.3. The minimum absolute atomic E-state index is 0.0635. The Labute approximate surface area is 412 Å². The molecule has 0 radical (unpaired) electrons. The van der Waals surface area contributed by atoms with E-state index in [1.165, 1.54) is 61.8 Å². The van der Waals surface area contributed by atoms with Crippen molar-refractivity contribution in [1.29, 1.82) is 0 Å². The van der Waals surface area contributed by atoms with Crippen LogP contribution in [0.15, 0.2) is 72.8 Å². The van der Waals surface area contributed by atoms with Gasteiger partial charge in [0.15, 0.2) is 0 Å². The van der Waals surface area contributed by atoms with Crippen LogP contribution in [-0.4, -0.2) is 75.7 Å². The van der Waals surface area contributed by atoms with Crippen molar-refractivity contribution in [1.82, 2.24) is 9.97 Å². The summed E-state index contributed by atoms with van der Waals surface area (Å²) in [5.74, 6) is 0. The lowest BCUT2D eigenvalue weighted by Gasteiger charge is -2.30. The Bertz CT molecular complexity index is 2880. The number of halogens is 3. The van der Waals surface area contributed by atoms with Crippen LogP contribution in [0.25, 0.3) is 21.8 Å². The summed E-state index contributed by atoms with van der Waals surface area (Å²) < 4.78 is 11.0. The summed E-state index contributed by atoms with van der Waals surface area (Å²) in [4.78, 5) is 17.3. The van der Waals surface area contributed by atoms with Crippen LogP contribution in [0.3, 0.4) is 0 Å². The van der Waals surface area contributed by atoms with Gasteiger partial charge in [-0.15, -0.1) is 0 Å². The molecule has 2 saturated heterocycles. The molecule has 67 heavy (non-hydrogen) atoms. The first-order chi connectivity index (χ1) is 31.9. The van der Waals surface area contributed by atoms with Crippen LogP contribution >= 0.6 is 34.8 Å². The number of fused-ring (bicyclic) bond motifs is 6. The highest BCUT2D eigenvalue weighted by Crippen LogP contribution is 2.52. The van der Waals surface area contributed by atoms with Crippen LogP contribution in [0.1, 0.15) is 102 Å². The Balaban J connectivity index is 0.000000130. The van der Waals surface area contributed by atoms with E-state index in [9.17, 15) is 0 Å². The quantitative estimate of drug-likeness (QED) is 0.188. The Kier molecular flexibility index (Phi) is 12.2. The monoisotopic (exact) mass is 958 g/mol. The average molecular weight is 961 g/mol. The number of aromatic nitrogens is 2. The molecule has 6 heterocycles. The molecule has 11 heteroatoms. The van der Waals surface area contributed by atoms with E-state index in [1.807, 2.05) is 24.3 Å². The van der Waals surface area contributed by atoms with Crippen LogP contribution in [0, 0.1) is 0 Å². The van der Waals surface area contributed by atoms with Gasteiger partial charge in [-0.2, -0.15) is 0 Å². The fraction of sp³-hybridized carbons (Fsp3) is 0.464. The van der Waals surface area contributed by atoms with E-state index in [-0.39, 0.29) is 21.7 Å². The highest BCUT2D eigenvalue weighted by molar-refractivity contribution is 6.37.